The van der Waals surface area contributed by atoms with Gasteiger partial charge in [-0.25, -0.2) is 0 Å². The van der Waals surface area contributed by atoms with Gasteiger partial charge in [0, 0.05) is 12.2 Å². The lowest BCUT2D eigenvalue weighted by molar-refractivity contribution is 0.815. The van der Waals surface area contributed by atoms with E-state index in [4.69, 9.17) is 5.73 Å². The predicted octanol–water partition coefficient (Wildman–Crippen LogP) is 0.944. The Hall–Kier alpha value is -2.04. The van der Waals surface area contributed by atoms with Gasteiger partial charge in [-0.3, -0.25) is 5.10 Å². The number of hydrogen-bond acceptors (Lipinski definition) is 4. The second-order valence-corrected chi connectivity index (χ2v) is 3.60. The number of nitrogens with two attached hydrogens (primary N) is 1. The van der Waals surface area contributed by atoms with E-state index in [-0.39, 0.29) is 5.92 Å². The highest BCUT2D eigenvalue weighted by molar-refractivity contribution is 5.59. The molecule has 1 unspecified atom stereocenters. The van der Waals surface area contributed by atoms with E-state index in [0.29, 0.717) is 5.95 Å². The Balaban J connectivity index is 2.04. The number of nitrogens with one attached hydrogen (secondary N) is 2. The summed E-state index contributed by atoms with van der Waals surface area (Å²) in [5.74, 6) is 1.35. The van der Waals surface area contributed by atoms with Crippen LogP contribution < -0.4 is 11.1 Å². The predicted molar refractivity (Wildman–Crippen MR) is 57.6 cm³/mol. The molecular formula is C10H11N5. The largest absolute Gasteiger partial charge is 0.384 e. The van der Waals surface area contributed by atoms with E-state index in [0.717, 1.165) is 18.1 Å². The van der Waals surface area contributed by atoms with Gasteiger partial charge in [-0.15, -0.1) is 5.10 Å². The molecule has 0 fully saturated rings. The number of H-pyrrole nitrogens is 1. The van der Waals surface area contributed by atoms with Crippen molar-refractivity contribution in [3.8, 4) is 0 Å². The van der Waals surface area contributed by atoms with E-state index < -0.39 is 0 Å². The molecule has 76 valence electrons. The van der Waals surface area contributed by atoms with Crippen LogP contribution in [0.4, 0.5) is 11.6 Å². The molecule has 2 aromatic rings. The minimum Gasteiger partial charge on any atom is -0.384 e. The molecule has 4 N–H and O–H groups in total. The zero-order valence-corrected chi connectivity index (χ0v) is 8.07. The summed E-state index contributed by atoms with van der Waals surface area (Å²) in [5.41, 5.74) is 7.90. The van der Waals surface area contributed by atoms with Gasteiger partial charge in [0.25, 0.3) is 0 Å². The van der Waals surface area contributed by atoms with Crippen LogP contribution in [0, 0.1) is 0 Å². The Bertz CT molecular complexity index is 490. The summed E-state index contributed by atoms with van der Waals surface area (Å²) < 4.78 is 0. The summed E-state index contributed by atoms with van der Waals surface area (Å²) in [6.07, 6.45) is 0. The SMILES string of the molecule is Nc1n[nH]c(C2CNc3ccccc32)n1. The van der Waals surface area contributed by atoms with E-state index >= 15 is 0 Å². The van der Waals surface area contributed by atoms with Crippen LogP contribution in [0.2, 0.25) is 0 Å². The Morgan fingerprint density at radius 1 is 1.33 bits per heavy atom. The minimum absolute atomic E-state index is 0.228. The fraction of sp³-hybridized carbons (Fsp3) is 0.200. The number of anilines is 2. The number of nitrogens with zero attached hydrogens (tertiary/aromatic N) is 2. The number of aromatic amines is 1. The quantitative estimate of drug-likeness (QED) is 0.641. The molecule has 1 atom stereocenters. The molecule has 0 radical (unpaired) electrons. The van der Waals surface area contributed by atoms with Gasteiger partial charge >= 0.3 is 0 Å². The molecule has 1 aliphatic heterocycles. The van der Waals surface area contributed by atoms with Gasteiger partial charge in [0.1, 0.15) is 5.82 Å². The molecule has 1 aromatic heterocycles. The fourth-order valence-electron chi connectivity index (χ4n) is 1.97. The third-order valence-electron chi connectivity index (χ3n) is 2.68. The van der Waals surface area contributed by atoms with Crippen molar-refractivity contribution in [1.29, 1.82) is 0 Å². The lowest BCUT2D eigenvalue weighted by atomic mass is 10.0. The maximum absolute atomic E-state index is 5.49. The van der Waals surface area contributed by atoms with E-state index in [1.54, 1.807) is 0 Å². The maximum atomic E-state index is 5.49. The summed E-state index contributed by atoms with van der Waals surface area (Å²) in [4.78, 5) is 4.16. The van der Waals surface area contributed by atoms with Crippen LogP contribution in [0.15, 0.2) is 24.3 Å². The van der Waals surface area contributed by atoms with E-state index in [1.165, 1.54) is 5.56 Å². The Kier molecular flexibility index (Phi) is 1.65. The number of hydrogen-bond donors (Lipinski definition) is 3. The second kappa shape index (κ2) is 2.98. The van der Waals surface area contributed by atoms with Crippen LogP contribution >= 0.6 is 0 Å². The molecule has 5 nitrogen and oxygen atoms in total. The van der Waals surface area contributed by atoms with Gasteiger partial charge in [-0.05, 0) is 11.6 Å². The molecule has 1 aliphatic rings. The maximum Gasteiger partial charge on any atom is 0.239 e. The number of nitrogen functional groups attached to an aromatic ring is 1. The molecule has 0 saturated carbocycles. The fourth-order valence-corrected chi connectivity index (χ4v) is 1.97. The molecule has 0 saturated heterocycles. The van der Waals surface area contributed by atoms with E-state index in [2.05, 4.69) is 32.6 Å². The lowest BCUT2D eigenvalue weighted by Crippen LogP contribution is -2.05. The first-order chi connectivity index (χ1) is 7.34. The van der Waals surface area contributed by atoms with Crippen molar-refractivity contribution in [2.24, 2.45) is 0 Å². The van der Waals surface area contributed by atoms with Crippen LogP contribution in [0.3, 0.4) is 0 Å². The smallest absolute Gasteiger partial charge is 0.239 e. The number of rotatable bonds is 1. The summed E-state index contributed by atoms with van der Waals surface area (Å²) in [5, 5.41) is 10.0. The van der Waals surface area contributed by atoms with Crippen molar-refractivity contribution in [2.45, 2.75) is 5.92 Å². The van der Waals surface area contributed by atoms with Crippen molar-refractivity contribution in [3.63, 3.8) is 0 Å². The van der Waals surface area contributed by atoms with Gasteiger partial charge in [0.2, 0.25) is 5.95 Å². The number of para-hydroxylation sites is 1. The third kappa shape index (κ3) is 1.24. The molecule has 5 heteroatoms. The highest BCUT2D eigenvalue weighted by atomic mass is 15.3. The van der Waals surface area contributed by atoms with Crippen molar-refractivity contribution >= 4 is 11.6 Å². The number of aromatic nitrogens is 3. The molecule has 0 aliphatic carbocycles. The Labute approximate surface area is 86.7 Å². The topological polar surface area (TPSA) is 79.6 Å². The van der Waals surface area contributed by atoms with E-state index in [9.17, 15) is 0 Å². The normalized spacial score (nSPS) is 18.5. The molecule has 0 amide bonds. The van der Waals surface area contributed by atoms with Gasteiger partial charge < -0.3 is 11.1 Å². The molecular weight excluding hydrogens is 190 g/mol. The standard InChI is InChI=1S/C10H11N5/c11-10-13-9(14-15-10)7-5-12-8-4-2-1-3-6(7)8/h1-4,7,12H,5H2,(H3,11,13,14,15). The lowest BCUT2D eigenvalue weighted by Gasteiger charge is -2.04. The summed E-state index contributed by atoms with van der Waals surface area (Å²) in [6.45, 7) is 0.841. The average molecular weight is 201 g/mol. The minimum atomic E-state index is 0.228. The monoisotopic (exact) mass is 201 g/mol. The van der Waals surface area contributed by atoms with Gasteiger partial charge in [-0.1, -0.05) is 18.2 Å². The van der Waals surface area contributed by atoms with Crippen LogP contribution in [-0.2, 0) is 0 Å². The van der Waals surface area contributed by atoms with Crippen LogP contribution in [0.5, 0.6) is 0 Å². The first kappa shape index (κ1) is 8.28. The number of benzene rings is 1. The first-order valence-corrected chi connectivity index (χ1v) is 4.85. The average Bonchev–Trinajstić information content (AvgIpc) is 2.83. The van der Waals surface area contributed by atoms with Crippen LogP contribution in [0.25, 0.3) is 0 Å². The van der Waals surface area contributed by atoms with Crippen molar-refractivity contribution in [3.05, 3.63) is 35.7 Å². The van der Waals surface area contributed by atoms with E-state index in [1.807, 2.05) is 12.1 Å². The van der Waals surface area contributed by atoms with Crippen molar-refractivity contribution < 1.29 is 0 Å². The third-order valence-corrected chi connectivity index (χ3v) is 2.68. The van der Waals surface area contributed by atoms with Crippen molar-refractivity contribution in [2.75, 3.05) is 17.6 Å². The Morgan fingerprint density at radius 3 is 3.00 bits per heavy atom. The Morgan fingerprint density at radius 2 is 2.20 bits per heavy atom. The first-order valence-electron chi connectivity index (χ1n) is 4.85. The zero-order chi connectivity index (χ0) is 10.3. The highest BCUT2D eigenvalue weighted by Gasteiger charge is 2.25. The van der Waals surface area contributed by atoms with Crippen LogP contribution in [-0.4, -0.2) is 21.7 Å². The number of fused-ring (bicyclic) bond motifs is 1. The summed E-state index contributed by atoms with van der Waals surface area (Å²) in [7, 11) is 0. The van der Waals surface area contributed by atoms with Crippen LogP contribution in [0.1, 0.15) is 17.3 Å². The molecule has 1 aromatic carbocycles. The highest BCUT2D eigenvalue weighted by Crippen LogP contribution is 2.34. The molecule has 3 rings (SSSR count). The molecule has 0 bridgehead atoms. The van der Waals surface area contributed by atoms with Gasteiger partial charge in [0.15, 0.2) is 0 Å². The molecule has 2 heterocycles. The summed E-state index contributed by atoms with van der Waals surface area (Å²) in [6, 6.07) is 8.20. The zero-order valence-electron chi connectivity index (χ0n) is 8.07. The molecule has 0 spiro atoms. The second-order valence-electron chi connectivity index (χ2n) is 3.60. The van der Waals surface area contributed by atoms with Gasteiger partial charge in [-0.2, -0.15) is 4.98 Å². The summed E-state index contributed by atoms with van der Waals surface area (Å²) >= 11 is 0. The van der Waals surface area contributed by atoms with Gasteiger partial charge in [0.05, 0.1) is 5.92 Å². The molecule has 15 heavy (non-hydrogen) atoms. The van der Waals surface area contributed by atoms with Crippen molar-refractivity contribution in [1.82, 2.24) is 15.2 Å².